The zero-order valence-electron chi connectivity index (χ0n) is 20.0. The second-order valence-corrected chi connectivity index (χ2v) is 10.6. The lowest BCUT2D eigenvalue weighted by Gasteiger charge is -2.23. The predicted octanol–water partition coefficient (Wildman–Crippen LogP) is 4.35. The third-order valence-electron chi connectivity index (χ3n) is 5.26. The van der Waals surface area contributed by atoms with Crippen LogP contribution in [-0.4, -0.2) is 40.6 Å². The summed E-state index contributed by atoms with van der Waals surface area (Å²) >= 11 is 0. The molecule has 0 aromatic heterocycles. The molecule has 0 bridgehead atoms. The molecule has 180 valence electrons. The number of ether oxygens (including phenoxy) is 2. The van der Waals surface area contributed by atoms with Gasteiger partial charge in [-0.05, 0) is 40.6 Å². The second-order valence-electron chi connectivity index (χ2n) is 8.87. The lowest BCUT2D eigenvalue weighted by atomic mass is 9.86. The molecule has 34 heavy (non-hydrogen) atoms. The number of amides is 1. The molecule has 0 atom stereocenters. The third kappa shape index (κ3) is 5.31. The zero-order chi connectivity index (χ0) is 25.3. The first-order valence-corrected chi connectivity index (χ1v) is 12.4. The number of carbonyl (C=O) groups excluding carboxylic acids is 2. The van der Waals surface area contributed by atoms with E-state index in [1.54, 1.807) is 36.4 Å². The number of methoxy groups -OCH3 is 2. The summed E-state index contributed by atoms with van der Waals surface area (Å²) in [5.41, 5.74) is 0.911. The molecule has 0 aliphatic carbocycles. The summed E-state index contributed by atoms with van der Waals surface area (Å²) in [4.78, 5) is 26.2. The molecular weight excluding hydrogens is 456 g/mol. The van der Waals surface area contributed by atoms with Gasteiger partial charge in [-0.3, -0.25) is 14.3 Å². The lowest BCUT2D eigenvalue weighted by Crippen LogP contribution is -2.24. The molecule has 0 spiro atoms. The van der Waals surface area contributed by atoms with Crippen molar-refractivity contribution in [1.29, 1.82) is 0 Å². The summed E-state index contributed by atoms with van der Waals surface area (Å²) in [6.07, 6.45) is 1.02. The van der Waals surface area contributed by atoms with Crippen molar-refractivity contribution in [3.8, 4) is 11.5 Å². The van der Waals surface area contributed by atoms with Crippen LogP contribution in [0, 0.1) is 0 Å². The van der Waals surface area contributed by atoms with E-state index in [1.807, 2.05) is 32.9 Å². The van der Waals surface area contributed by atoms with Crippen LogP contribution in [-0.2, 0) is 20.2 Å². The van der Waals surface area contributed by atoms with Crippen molar-refractivity contribution < 1.29 is 27.5 Å². The molecule has 0 unspecified atom stereocenters. The van der Waals surface area contributed by atoms with E-state index in [2.05, 4.69) is 10.0 Å². The number of benzene rings is 3. The first-order chi connectivity index (χ1) is 15.9. The van der Waals surface area contributed by atoms with Gasteiger partial charge in [0.15, 0.2) is 5.75 Å². The summed E-state index contributed by atoms with van der Waals surface area (Å²) in [6, 6.07) is 13.6. The van der Waals surface area contributed by atoms with Crippen LogP contribution >= 0.6 is 0 Å². The third-order valence-corrected chi connectivity index (χ3v) is 5.85. The molecule has 3 aromatic carbocycles. The van der Waals surface area contributed by atoms with E-state index >= 15 is 0 Å². The molecule has 0 fully saturated rings. The Kier molecular flexibility index (Phi) is 6.88. The average Bonchev–Trinajstić information content (AvgIpc) is 2.76. The maximum Gasteiger partial charge on any atom is 0.296 e. The van der Waals surface area contributed by atoms with Crippen LogP contribution in [0.5, 0.6) is 11.5 Å². The Morgan fingerprint density at radius 3 is 2.06 bits per heavy atom. The van der Waals surface area contributed by atoms with Crippen LogP contribution in [0.3, 0.4) is 0 Å². The monoisotopic (exact) mass is 484 g/mol. The molecule has 8 nitrogen and oxygen atoms in total. The average molecular weight is 485 g/mol. The molecule has 3 aromatic rings. The van der Waals surface area contributed by atoms with E-state index in [0.29, 0.717) is 16.5 Å². The van der Waals surface area contributed by atoms with Crippen LogP contribution in [0.15, 0.2) is 48.5 Å². The number of ketones is 1. The number of sulfonamides is 1. The van der Waals surface area contributed by atoms with Gasteiger partial charge >= 0.3 is 0 Å². The van der Waals surface area contributed by atoms with E-state index in [9.17, 15) is 18.0 Å². The number of carbonyl (C=O) groups is 2. The molecular formula is C25H28N2O6S. The van der Waals surface area contributed by atoms with E-state index in [0.717, 1.165) is 11.8 Å². The SMILES string of the molecule is COc1c(NC(=O)C(=O)c2ccc(OC)c3ccccc23)cc(C(C)(C)C)cc1NS(C)(=O)=O. The normalized spacial score (nSPS) is 11.7. The van der Waals surface area contributed by atoms with Crippen molar-refractivity contribution >= 4 is 43.9 Å². The Labute approximate surface area is 199 Å². The number of anilines is 2. The molecule has 2 N–H and O–H groups in total. The fraction of sp³-hybridized carbons (Fsp3) is 0.280. The zero-order valence-corrected chi connectivity index (χ0v) is 20.8. The van der Waals surface area contributed by atoms with Gasteiger partial charge in [-0.1, -0.05) is 45.0 Å². The standard InChI is InChI=1S/C25H28N2O6S/c1-25(2,3)15-13-19(23(33-5)20(14-15)27-34(6,30)31)26-24(29)22(28)18-11-12-21(32-4)17-10-8-7-9-16(17)18/h7-14,27H,1-6H3,(H,26,29). The molecule has 0 aliphatic heterocycles. The van der Waals surface area contributed by atoms with Gasteiger partial charge in [0, 0.05) is 10.9 Å². The predicted molar refractivity (Wildman–Crippen MR) is 134 cm³/mol. The van der Waals surface area contributed by atoms with Gasteiger partial charge in [-0.2, -0.15) is 0 Å². The smallest absolute Gasteiger partial charge is 0.296 e. The van der Waals surface area contributed by atoms with Crippen molar-refractivity contribution in [1.82, 2.24) is 0 Å². The van der Waals surface area contributed by atoms with Gasteiger partial charge in [0.25, 0.3) is 11.7 Å². The van der Waals surface area contributed by atoms with Crippen LogP contribution in [0.2, 0.25) is 0 Å². The fourth-order valence-corrected chi connectivity index (χ4v) is 4.15. The number of nitrogens with one attached hydrogen (secondary N) is 2. The largest absolute Gasteiger partial charge is 0.496 e. The van der Waals surface area contributed by atoms with Gasteiger partial charge in [0.2, 0.25) is 10.0 Å². The van der Waals surface area contributed by atoms with Crippen LogP contribution < -0.4 is 19.5 Å². The number of fused-ring (bicyclic) bond motifs is 1. The highest BCUT2D eigenvalue weighted by Crippen LogP contribution is 2.39. The lowest BCUT2D eigenvalue weighted by molar-refractivity contribution is -0.112. The molecule has 0 saturated heterocycles. The number of rotatable bonds is 7. The Bertz CT molecular complexity index is 1370. The minimum atomic E-state index is -3.63. The number of Topliss-reactive ketones (excluding diaryl/α,β-unsaturated/α-hetero) is 1. The Morgan fingerprint density at radius 1 is 0.882 bits per heavy atom. The molecule has 0 saturated carbocycles. The Hall–Kier alpha value is -3.59. The van der Waals surface area contributed by atoms with Gasteiger partial charge in [0.05, 0.1) is 31.9 Å². The van der Waals surface area contributed by atoms with Crippen LogP contribution in [0.1, 0.15) is 36.7 Å². The first-order valence-electron chi connectivity index (χ1n) is 10.5. The number of hydrogen-bond acceptors (Lipinski definition) is 6. The van der Waals surface area contributed by atoms with E-state index < -0.39 is 21.7 Å². The summed E-state index contributed by atoms with van der Waals surface area (Å²) in [5, 5.41) is 3.90. The summed E-state index contributed by atoms with van der Waals surface area (Å²) < 4.78 is 37.0. The van der Waals surface area contributed by atoms with Crippen LogP contribution in [0.25, 0.3) is 10.8 Å². The Morgan fingerprint density at radius 2 is 1.50 bits per heavy atom. The van der Waals surface area contributed by atoms with Gasteiger partial charge in [-0.15, -0.1) is 0 Å². The summed E-state index contributed by atoms with van der Waals surface area (Å²) in [6.45, 7) is 5.83. The van der Waals surface area contributed by atoms with Gasteiger partial charge in [-0.25, -0.2) is 8.42 Å². The summed E-state index contributed by atoms with van der Waals surface area (Å²) in [7, 11) is -0.740. The highest BCUT2D eigenvalue weighted by atomic mass is 32.2. The molecule has 0 radical (unpaired) electrons. The second kappa shape index (κ2) is 9.34. The van der Waals surface area contributed by atoms with Gasteiger partial charge < -0.3 is 14.8 Å². The quantitative estimate of drug-likeness (QED) is 0.381. The van der Waals surface area contributed by atoms with Crippen molar-refractivity contribution in [3.63, 3.8) is 0 Å². The highest BCUT2D eigenvalue weighted by Gasteiger charge is 2.25. The number of hydrogen-bond donors (Lipinski definition) is 2. The van der Waals surface area contributed by atoms with E-state index in [4.69, 9.17) is 9.47 Å². The molecule has 0 aliphatic rings. The molecule has 3 rings (SSSR count). The summed E-state index contributed by atoms with van der Waals surface area (Å²) in [5.74, 6) is -0.951. The van der Waals surface area contributed by atoms with Crippen molar-refractivity contribution in [2.45, 2.75) is 26.2 Å². The highest BCUT2D eigenvalue weighted by molar-refractivity contribution is 7.92. The minimum Gasteiger partial charge on any atom is -0.496 e. The van der Waals surface area contributed by atoms with Crippen LogP contribution in [0.4, 0.5) is 11.4 Å². The van der Waals surface area contributed by atoms with E-state index in [-0.39, 0.29) is 28.1 Å². The topological polar surface area (TPSA) is 111 Å². The molecule has 9 heteroatoms. The molecule has 0 heterocycles. The minimum absolute atomic E-state index is 0.0964. The fourth-order valence-electron chi connectivity index (χ4n) is 3.60. The first kappa shape index (κ1) is 25.0. The molecule has 1 amide bonds. The van der Waals surface area contributed by atoms with Gasteiger partial charge in [0.1, 0.15) is 5.75 Å². The maximum atomic E-state index is 13.2. The van der Waals surface area contributed by atoms with Crippen molar-refractivity contribution in [2.24, 2.45) is 0 Å². The Balaban J connectivity index is 2.07. The van der Waals surface area contributed by atoms with E-state index in [1.165, 1.54) is 14.2 Å². The van der Waals surface area contributed by atoms with Crippen molar-refractivity contribution in [2.75, 3.05) is 30.5 Å². The maximum absolute atomic E-state index is 13.2. The van der Waals surface area contributed by atoms with Crippen molar-refractivity contribution in [3.05, 3.63) is 59.7 Å².